The van der Waals surface area contributed by atoms with Crippen LogP contribution in [0.15, 0.2) is 54.9 Å². The fraction of sp³-hybridized carbons (Fsp3) is 0.250. The van der Waals surface area contributed by atoms with Gasteiger partial charge in [-0.25, -0.2) is 18.2 Å². The average Bonchev–Trinajstić information content (AvgIpc) is 3.27. The molecule has 2 aromatic carbocycles. The summed E-state index contributed by atoms with van der Waals surface area (Å²) in [5.41, 5.74) is 2.87. The van der Waals surface area contributed by atoms with E-state index < -0.39 is 17.8 Å². The summed E-state index contributed by atoms with van der Waals surface area (Å²) in [7, 11) is 2.09. The number of hydrogen-bond acceptors (Lipinski definition) is 4. The van der Waals surface area contributed by atoms with Crippen LogP contribution in [0.5, 0.6) is 0 Å². The molecule has 0 saturated carbocycles. The number of hydrogen-bond donors (Lipinski definition) is 1. The van der Waals surface area contributed by atoms with Crippen LogP contribution in [0, 0.1) is 5.82 Å². The molecule has 4 aromatic rings. The highest BCUT2D eigenvalue weighted by Crippen LogP contribution is 2.30. The molecule has 0 spiro atoms. The third-order valence-corrected chi connectivity index (χ3v) is 5.92. The Morgan fingerprint density at radius 1 is 1.19 bits per heavy atom. The van der Waals surface area contributed by atoms with Gasteiger partial charge in [0.1, 0.15) is 11.6 Å². The number of benzene rings is 2. The molecule has 0 saturated heterocycles. The third-order valence-electron chi connectivity index (χ3n) is 5.92. The number of rotatable bonds is 5. The number of fused-ring (bicyclic) bond motifs is 3. The monoisotopic (exact) mass is 437 g/mol. The van der Waals surface area contributed by atoms with Gasteiger partial charge < -0.3 is 10.2 Å². The lowest BCUT2D eigenvalue weighted by Gasteiger charge is -2.22. The van der Waals surface area contributed by atoms with Crippen LogP contribution in [0.4, 0.5) is 19.0 Å². The summed E-state index contributed by atoms with van der Waals surface area (Å²) in [5, 5.41) is 4.01. The number of aromatic nitrogens is 3. The fourth-order valence-corrected chi connectivity index (χ4v) is 4.11. The van der Waals surface area contributed by atoms with Crippen molar-refractivity contribution in [3.63, 3.8) is 0 Å². The summed E-state index contributed by atoms with van der Waals surface area (Å²) in [5.74, 6) is 0.155. The van der Waals surface area contributed by atoms with E-state index in [4.69, 9.17) is 0 Å². The van der Waals surface area contributed by atoms with Crippen molar-refractivity contribution in [1.29, 1.82) is 0 Å². The van der Waals surface area contributed by atoms with E-state index in [0.717, 1.165) is 42.0 Å². The molecule has 5 rings (SSSR count). The summed E-state index contributed by atoms with van der Waals surface area (Å²) in [4.78, 5) is 11.1. The Kier molecular flexibility index (Phi) is 5.30. The van der Waals surface area contributed by atoms with E-state index in [1.54, 1.807) is 6.20 Å². The van der Waals surface area contributed by atoms with Crippen molar-refractivity contribution in [3.8, 4) is 0 Å². The van der Waals surface area contributed by atoms with Gasteiger partial charge in [0, 0.05) is 43.0 Å². The molecular formula is C24H22F3N5. The van der Waals surface area contributed by atoms with Gasteiger partial charge in [0.2, 0.25) is 5.78 Å². The molecule has 164 valence electrons. The molecule has 0 radical (unpaired) electrons. The summed E-state index contributed by atoms with van der Waals surface area (Å²) in [6.45, 7) is 1.92. The lowest BCUT2D eigenvalue weighted by atomic mass is 9.98. The molecule has 2 aromatic heterocycles. The van der Waals surface area contributed by atoms with Gasteiger partial charge in [0.05, 0.1) is 11.1 Å². The maximum Gasteiger partial charge on any atom is 0.266 e. The molecule has 0 fully saturated rings. The van der Waals surface area contributed by atoms with Gasteiger partial charge in [0.25, 0.3) is 6.43 Å². The van der Waals surface area contributed by atoms with Crippen molar-refractivity contribution in [2.45, 2.75) is 19.4 Å². The van der Waals surface area contributed by atoms with Crippen molar-refractivity contribution in [2.75, 3.05) is 25.5 Å². The summed E-state index contributed by atoms with van der Waals surface area (Å²) in [6.07, 6.45) is 3.84. The van der Waals surface area contributed by atoms with Crippen LogP contribution in [0.3, 0.4) is 0 Å². The van der Waals surface area contributed by atoms with Crippen LogP contribution in [0.1, 0.15) is 29.5 Å². The van der Waals surface area contributed by atoms with Crippen molar-refractivity contribution in [1.82, 2.24) is 19.3 Å². The van der Waals surface area contributed by atoms with Crippen molar-refractivity contribution in [3.05, 3.63) is 77.4 Å². The Morgan fingerprint density at radius 3 is 2.84 bits per heavy atom. The minimum absolute atomic E-state index is 0.0308. The van der Waals surface area contributed by atoms with Gasteiger partial charge in [-0.15, -0.1) is 0 Å². The zero-order valence-electron chi connectivity index (χ0n) is 17.5. The predicted molar refractivity (Wildman–Crippen MR) is 119 cm³/mol. The standard InChI is InChI=1S/C24H22F3N5/c1-31-10-7-15(8-11-31)16-5-6-20-19(13-16)23(30-24-28-9-12-32(20)24)29-14-17-3-2-4-18(21(17)25)22(26)27/h2-7,9,12-13,22H,8,10-11,14H2,1H3,(H,28,29,30). The first-order valence-electron chi connectivity index (χ1n) is 10.5. The molecular weight excluding hydrogens is 415 g/mol. The number of imidazole rings is 1. The predicted octanol–water partition coefficient (Wildman–Crippen LogP) is 5.29. The maximum absolute atomic E-state index is 14.5. The van der Waals surface area contributed by atoms with E-state index in [-0.39, 0.29) is 12.1 Å². The number of alkyl halides is 2. The normalized spacial score (nSPS) is 15.0. The molecule has 0 bridgehead atoms. The molecule has 0 aliphatic carbocycles. The first-order valence-corrected chi connectivity index (χ1v) is 10.5. The van der Waals surface area contributed by atoms with Gasteiger partial charge in [-0.3, -0.25) is 4.40 Å². The largest absolute Gasteiger partial charge is 0.365 e. The summed E-state index contributed by atoms with van der Waals surface area (Å²) in [6, 6.07) is 10.2. The Balaban J connectivity index is 1.55. The van der Waals surface area contributed by atoms with E-state index in [9.17, 15) is 13.2 Å². The SMILES string of the molecule is CN1CC=C(c2ccc3c(c2)c(NCc2cccc(C(F)F)c2F)nc2nccn23)CC1. The Labute approximate surface area is 183 Å². The molecule has 8 heteroatoms. The molecule has 1 N–H and O–H groups in total. The number of likely N-dealkylation sites (N-methyl/N-ethyl adjacent to an activating group) is 1. The zero-order chi connectivity index (χ0) is 22.2. The van der Waals surface area contributed by atoms with Crippen molar-refractivity contribution >= 4 is 28.1 Å². The number of anilines is 1. The minimum Gasteiger partial charge on any atom is -0.365 e. The van der Waals surface area contributed by atoms with Crippen LogP contribution < -0.4 is 5.32 Å². The van der Waals surface area contributed by atoms with Crippen LogP contribution in [-0.4, -0.2) is 39.4 Å². The zero-order valence-corrected chi connectivity index (χ0v) is 17.5. The van der Waals surface area contributed by atoms with Crippen LogP contribution in [0.25, 0.3) is 22.3 Å². The minimum atomic E-state index is -2.86. The van der Waals surface area contributed by atoms with Gasteiger partial charge in [-0.1, -0.05) is 30.3 Å². The molecule has 0 atom stereocenters. The Bertz CT molecular complexity index is 1330. The molecule has 32 heavy (non-hydrogen) atoms. The second-order valence-corrected chi connectivity index (χ2v) is 8.01. The summed E-state index contributed by atoms with van der Waals surface area (Å²) < 4.78 is 42.6. The molecule has 0 amide bonds. The average molecular weight is 437 g/mol. The molecule has 0 unspecified atom stereocenters. The first-order chi connectivity index (χ1) is 15.5. The number of nitrogens with zero attached hydrogens (tertiary/aromatic N) is 4. The van der Waals surface area contributed by atoms with Crippen LogP contribution in [-0.2, 0) is 6.54 Å². The van der Waals surface area contributed by atoms with E-state index in [0.29, 0.717) is 11.6 Å². The lowest BCUT2D eigenvalue weighted by molar-refractivity contribution is 0.146. The fourth-order valence-electron chi connectivity index (χ4n) is 4.11. The number of halogens is 3. The van der Waals surface area contributed by atoms with E-state index in [2.05, 4.69) is 45.4 Å². The van der Waals surface area contributed by atoms with Crippen molar-refractivity contribution < 1.29 is 13.2 Å². The lowest BCUT2D eigenvalue weighted by Crippen LogP contribution is -2.23. The third kappa shape index (κ3) is 3.71. The van der Waals surface area contributed by atoms with Crippen molar-refractivity contribution in [2.24, 2.45) is 0 Å². The topological polar surface area (TPSA) is 45.5 Å². The summed E-state index contributed by atoms with van der Waals surface area (Å²) >= 11 is 0. The highest BCUT2D eigenvalue weighted by atomic mass is 19.3. The van der Waals surface area contributed by atoms with E-state index in [1.165, 1.54) is 17.7 Å². The van der Waals surface area contributed by atoms with Crippen LogP contribution >= 0.6 is 0 Å². The highest BCUT2D eigenvalue weighted by Gasteiger charge is 2.17. The van der Waals surface area contributed by atoms with Gasteiger partial charge >= 0.3 is 0 Å². The van der Waals surface area contributed by atoms with Crippen LogP contribution in [0.2, 0.25) is 0 Å². The smallest absolute Gasteiger partial charge is 0.266 e. The van der Waals surface area contributed by atoms with Gasteiger partial charge in [-0.2, -0.15) is 4.98 Å². The first kappa shape index (κ1) is 20.5. The van der Waals surface area contributed by atoms with E-state index >= 15 is 0 Å². The molecule has 1 aliphatic heterocycles. The van der Waals surface area contributed by atoms with Gasteiger partial charge in [0.15, 0.2) is 0 Å². The highest BCUT2D eigenvalue weighted by molar-refractivity contribution is 5.93. The van der Waals surface area contributed by atoms with E-state index in [1.807, 2.05) is 16.7 Å². The Hall–Kier alpha value is -3.39. The molecule has 5 nitrogen and oxygen atoms in total. The molecule has 3 heterocycles. The Morgan fingerprint density at radius 2 is 2.06 bits per heavy atom. The quantitative estimate of drug-likeness (QED) is 0.461. The molecule has 1 aliphatic rings. The maximum atomic E-state index is 14.5. The number of nitrogens with one attached hydrogen (secondary N) is 1. The second-order valence-electron chi connectivity index (χ2n) is 8.01. The second kappa shape index (κ2) is 8.27. The van der Waals surface area contributed by atoms with Gasteiger partial charge in [-0.05, 0) is 36.7 Å².